The van der Waals surface area contributed by atoms with Crippen LogP contribution < -0.4 is 21.9 Å². The SMILES string of the molecule is CCCOc1cccc(-n2c(=O)n(S(=O)(=O)c3sc(N)nc3C)c3cc4oc(=O)n(C)c4cc32)c1. The molecular formula is C22H21N5O6S2. The lowest BCUT2D eigenvalue weighted by Crippen LogP contribution is -2.29. The van der Waals surface area contributed by atoms with Gasteiger partial charge in [0.2, 0.25) is 0 Å². The van der Waals surface area contributed by atoms with E-state index in [1.54, 1.807) is 30.3 Å². The Labute approximate surface area is 202 Å². The summed E-state index contributed by atoms with van der Waals surface area (Å²) in [7, 11) is -2.86. The molecule has 0 radical (unpaired) electrons. The summed E-state index contributed by atoms with van der Waals surface area (Å²) in [4.78, 5) is 29.9. The van der Waals surface area contributed by atoms with Crippen LogP contribution in [0.3, 0.4) is 0 Å². The molecule has 0 amide bonds. The normalized spacial score (nSPS) is 12.1. The third kappa shape index (κ3) is 3.54. The van der Waals surface area contributed by atoms with Crippen molar-refractivity contribution in [3.8, 4) is 11.4 Å². The first-order chi connectivity index (χ1) is 16.6. The topological polar surface area (TPSA) is 144 Å². The lowest BCUT2D eigenvalue weighted by molar-refractivity contribution is 0.317. The van der Waals surface area contributed by atoms with E-state index in [2.05, 4.69) is 4.98 Å². The summed E-state index contributed by atoms with van der Waals surface area (Å²) in [5.41, 5.74) is 6.36. The molecule has 3 aromatic heterocycles. The number of benzene rings is 2. The van der Waals surface area contributed by atoms with Crippen molar-refractivity contribution in [1.29, 1.82) is 0 Å². The number of fused-ring (bicyclic) bond motifs is 2. The quantitative estimate of drug-likeness (QED) is 0.363. The van der Waals surface area contributed by atoms with Gasteiger partial charge in [0.15, 0.2) is 14.9 Å². The van der Waals surface area contributed by atoms with Crippen LogP contribution in [0.15, 0.2) is 54.6 Å². The van der Waals surface area contributed by atoms with E-state index in [4.69, 9.17) is 14.9 Å². The Balaban J connectivity index is 1.89. The van der Waals surface area contributed by atoms with Gasteiger partial charge in [-0.2, -0.15) is 12.4 Å². The van der Waals surface area contributed by atoms with E-state index < -0.39 is 21.5 Å². The Hall–Kier alpha value is -3.84. The largest absolute Gasteiger partial charge is 0.494 e. The van der Waals surface area contributed by atoms with Crippen molar-refractivity contribution < 1.29 is 17.6 Å². The third-order valence-corrected chi connectivity index (χ3v) is 8.77. The number of anilines is 1. The Bertz CT molecular complexity index is 1840. The van der Waals surface area contributed by atoms with E-state index in [1.165, 1.54) is 29.2 Å². The number of aromatic nitrogens is 4. The first-order valence-corrected chi connectivity index (χ1v) is 12.9. The molecule has 3 heterocycles. The number of aryl methyl sites for hydroxylation is 2. The van der Waals surface area contributed by atoms with E-state index in [0.29, 0.717) is 27.5 Å². The predicted molar refractivity (Wildman–Crippen MR) is 132 cm³/mol. The molecule has 0 saturated carbocycles. The summed E-state index contributed by atoms with van der Waals surface area (Å²) in [6.07, 6.45) is 0.797. The summed E-state index contributed by atoms with van der Waals surface area (Å²) >= 11 is 0.772. The second-order valence-electron chi connectivity index (χ2n) is 7.89. The maximum Gasteiger partial charge on any atom is 0.419 e. The fourth-order valence-electron chi connectivity index (χ4n) is 3.93. The van der Waals surface area contributed by atoms with Crippen LogP contribution >= 0.6 is 11.3 Å². The fourth-order valence-corrected chi connectivity index (χ4v) is 6.67. The van der Waals surface area contributed by atoms with Crippen molar-refractivity contribution in [2.75, 3.05) is 12.3 Å². The molecule has 182 valence electrons. The highest BCUT2D eigenvalue weighted by Gasteiger charge is 2.30. The zero-order valence-electron chi connectivity index (χ0n) is 19.0. The van der Waals surface area contributed by atoms with Gasteiger partial charge in [-0.05, 0) is 31.5 Å². The summed E-state index contributed by atoms with van der Waals surface area (Å²) < 4.78 is 41.5. The van der Waals surface area contributed by atoms with E-state index >= 15 is 0 Å². The molecule has 0 aliphatic carbocycles. The van der Waals surface area contributed by atoms with Crippen LogP contribution in [0.1, 0.15) is 19.0 Å². The number of nitrogen functional groups attached to an aromatic ring is 1. The predicted octanol–water partition coefficient (Wildman–Crippen LogP) is 2.61. The molecule has 0 aliphatic rings. The number of imidazole rings is 1. The number of ether oxygens (including phenoxy) is 1. The maximum atomic E-state index is 13.8. The third-order valence-electron chi connectivity index (χ3n) is 5.51. The first-order valence-electron chi connectivity index (χ1n) is 10.6. The molecule has 2 N–H and O–H groups in total. The standard InChI is InChI=1S/C22H21N5O6S2/c1-4-8-32-14-7-5-6-13(9-14)26-15-10-17-18(33-22(29)25(17)3)11-16(15)27(21(26)28)35(30,31)19-12(2)24-20(23)34-19/h5-7,9-11H,4,8H2,1-3H3,(H2,23,24). The molecule has 2 aromatic carbocycles. The highest BCUT2D eigenvalue weighted by Crippen LogP contribution is 2.31. The molecule has 0 atom stereocenters. The molecule has 0 spiro atoms. The average Bonchev–Trinajstić information content (AvgIpc) is 3.41. The molecular weight excluding hydrogens is 494 g/mol. The van der Waals surface area contributed by atoms with Crippen molar-refractivity contribution in [1.82, 2.24) is 18.1 Å². The second-order valence-corrected chi connectivity index (χ2v) is 10.9. The van der Waals surface area contributed by atoms with E-state index in [1.807, 2.05) is 6.92 Å². The number of rotatable bonds is 6. The van der Waals surface area contributed by atoms with Crippen molar-refractivity contribution in [3.05, 3.63) is 63.1 Å². The van der Waals surface area contributed by atoms with Crippen molar-refractivity contribution >= 4 is 48.6 Å². The minimum absolute atomic E-state index is 0.0445. The number of thiazole rings is 1. The molecule has 0 aliphatic heterocycles. The van der Waals surface area contributed by atoms with Gasteiger partial charge in [-0.25, -0.2) is 14.6 Å². The zero-order valence-corrected chi connectivity index (χ0v) is 20.6. The molecule has 0 bridgehead atoms. The molecule has 13 heteroatoms. The molecule has 35 heavy (non-hydrogen) atoms. The van der Waals surface area contributed by atoms with Gasteiger partial charge in [0.05, 0.1) is 34.5 Å². The Morgan fingerprint density at radius 3 is 2.60 bits per heavy atom. The van der Waals surface area contributed by atoms with Gasteiger partial charge in [-0.1, -0.05) is 24.3 Å². The van der Waals surface area contributed by atoms with Crippen LogP contribution in [0.5, 0.6) is 5.75 Å². The van der Waals surface area contributed by atoms with Crippen LogP contribution in [0.25, 0.3) is 27.8 Å². The average molecular weight is 516 g/mol. The van der Waals surface area contributed by atoms with Crippen molar-refractivity contribution in [3.63, 3.8) is 0 Å². The lowest BCUT2D eigenvalue weighted by atomic mass is 10.2. The van der Waals surface area contributed by atoms with Gasteiger partial charge in [-0.15, -0.1) is 0 Å². The van der Waals surface area contributed by atoms with Crippen molar-refractivity contribution in [2.45, 2.75) is 24.5 Å². The first kappa shape index (κ1) is 22.9. The van der Waals surface area contributed by atoms with E-state index in [9.17, 15) is 18.0 Å². The van der Waals surface area contributed by atoms with Crippen LogP contribution in [0, 0.1) is 6.92 Å². The molecule has 5 aromatic rings. The van der Waals surface area contributed by atoms with Gasteiger partial charge < -0.3 is 14.9 Å². The zero-order chi connectivity index (χ0) is 25.1. The summed E-state index contributed by atoms with van der Waals surface area (Å²) in [5.74, 6) is -0.0835. The molecule has 0 fully saturated rings. The molecule has 11 nitrogen and oxygen atoms in total. The highest BCUT2D eigenvalue weighted by atomic mass is 32.2. The smallest absolute Gasteiger partial charge is 0.419 e. The van der Waals surface area contributed by atoms with Gasteiger partial charge in [0.25, 0.3) is 10.0 Å². The minimum atomic E-state index is -4.39. The Morgan fingerprint density at radius 2 is 1.91 bits per heavy atom. The molecule has 0 saturated heterocycles. The van der Waals surface area contributed by atoms with Gasteiger partial charge in [0.1, 0.15) is 5.75 Å². The summed E-state index contributed by atoms with van der Waals surface area (Å²) in [5, 5.41) is 0.0649. The number of oxazole rings is 1. The summed E-state index contributed by atoms with van der Waals surface area (Å²) in [6, 6.07) is 9.72. The van der Waals surface area contributed by atoms with Crippen LogP contribution in [-0.2, 0) is 17.1 Å². The fraction of sp³-hybridized carbons (Fsp3) is 0.227. The number of nitrogens with two attached hydrogens (primary N) is 1. The van der Waals surface area contributed by atoms with Crippen molar-refractivity contribution in [2.24, 2.45) is 7.05 Å². The van der Waals surface area contributed by atoms with Crippen LogP contribution in [0.4, 0.5) is 5.13 Å². The van der Waals surface area contributed by atoms with Crippen LogP contribution in [-0.4, -0.2) is 33.1 Å². The Morgan fingerprint density at radius 1 is 1.14 bits per heavy atom. The number of hydrogen-bond acceptors (Lipinski definition) is 9. The minimum Gasteiger partial charge on any atom is -0.494 e. The molecule has 0 unspecified atom stereocenters. The highest BCUT2D eigenvalue weighted by molar-refractivity contribution is 7.92. The number of hydrogen-bond donors (Lipinski definition) is 1. The number of nitrogens with zero attached hydrogens (tertiary/aromatic N) is 4. The summed E-state index contributed by atoms with van der Waals surface area (Å²) in [6.45, 7) is 3.96. The van der Waals surface area contributed by atoms with Gasteiger partial charge in [0, 0.05) is 19.2 Å². The van der Waals surface area contributed by atoms with Crippen LogP contribution in [0.2, 0.25) is 0 Å². The monoisotopic (exact) mass is 515 g/mol. The lowest BCUT2D eigenvalue weighted by Gasteiger charge is -2.08. The second kappa shape index (κ2) is 8.13. The van der Waals surface area contributed by atoms with Gasteiger partial charge in [-0.3, -0.25) is 9.13 Å². The van der Waals surface area contributed by atoms with E-state index in [-0.39, 0.29) is 31.7 Å². The van der Waals surface area contributed by atoms with Gasteiger partial charge >= 0.3 is 11.4 Å². The van der Waals surface area contributed by atoms with E-state index in [0.717, 1.165) is 17.8 Å². The molecule has 5 rings (SSSR count). The Kier molecular flexibility index (Phi) is 5.33. The maximum absolute atomic E-state index is 13.8.